The van der Waals surface area contributed by atoms with Crippen LogP contribution in [-0.4, -0.2) is 18.9 Å². The number of anilines is 2. The monoisotopic (exact) mass is 420 g/mol. The molecule has 0 saturated heterocycles. The number of para-hydroxylation sites is 1. The number of hydrogen-bond donors (Lipinski definition) is 1. The molecule has 0 bridgehead atoms. The minimum Gasteiger partial charge on any atom is -0.497 e. The number of thioether (sulfide) groups is 1. The van der Waals surface area contributed by atoms with Gasteiger partial charge in [0.05, 0.1) is 12.8 Å². The van der Waals surface area contributed by atoms with Crippen molar-refractivity contribution < 1.29 is 18.7 Å². The molecule has 0 fully saturated rings. The molecule has 150 valence electrons. The number of hydrogen-bond acceptors (Lipinski definition) is 5. The highest BCUT2D eigenvalue weighted by molar-refractivity contribution is 8.04. The zero-order chi connectivity index (χ0) is 21.1. The van der Waals surface area contributed by atoms with Crippen molar-refractivity contribution in [1.29, 1.82) is 0 Å². The number of carbonyl (C=O) groups excluding carboxylic acids is 2. The maximum atomic E-state index is 14.4. The Morgan fingerprint density at radius 3 is 2.37 bits per heavy atom. The molecule has 30 heavy (non-hydrogen) atoms. The summed E-state index contributed by atoms with van der Waals surface area (Å²) in [7, 11) is 1.54. The number of halogens is 1. The Morgan fingerprint density at radius 1 is 0.900 bits per heavy atom. The molecular formula is C23H17FN2O3S. The molecule has 1 heterocycles. The largest absolute Gasteiger partial charge is 0.497 e. The summed E-state index contributed by atoms with van der Waals surface area (Å²) in [5, 5.41) is 3.03. The second-order valence-electron chi connectivity index (χ2n) is 6.37. The van der Waals surface area contributed by atoms with Gasteiger partial charge in [-0.25, -0.2) is 9.29 Å². The Morgan fingerprint density at radius 2 is 1.63 bits per heavy atom. The summed E-state index contributed by atoms with van der Waals surface area (Å²) < 4.78 is 19.6. The highest BCUT2D eigenvalue weighted by atomic mass is 32.2. The number of ether oxygens (including phenoxy) is 1. The number of amides is 2. The molecular weight excluding hydrogens is 403 g/mol. The van der Waals surface area contributed by atoms with Crippen molar-refractivity contribution in [3.05, 3.63) is 95.3 Å². The van der Waals surface area contributed by atoms with E-state index in [2.05, 4.69) is 5.32 Å². The normalized spacial score (nSPS) is 13.7. The van der Waals surface area contributed by atoms with Gasteiger partial charge in [-0.15, -0.1) is 0 Å². The third kappa shape index (κ3) is 3.79. The van der Waals surface area contributed by atoms with Gasteiger partial charge in [-0.3, -0.25) is 9.59 Å². The van der Waals surface area contributed by atoms with E-state index in [9.17, 15) is 14.0 Å². The Hall–Kier alpha value is -3.58. The number of nitrogens with zero attached hydrogens (tertiary/aromatic N) is 1. The van der Waals surface area contributed by atoms with E-state index in [1.165, 1.54) is 18.2 Å². The van der Waals surface area contributed by atoms with Gasteiger partial charge in [-0.2, -0.15) is 0 Å². The maximum absolute atomic E-state index is 14.4. The van der Waals surface area contributed by atoms with Crippen LogP contribution in [0.2, 0.25) is 0 Å². The van der Waals surface area contributed by atoms with E-state index in [1.807, 2.05) is 30.3 Å². The fourth-order valence-electron chi connectivity index (χ4n) is 3.02. The van der Waals surface area contributed by atoms with Crippen LogP contribution in [0.3, 0.4) is 0 Å². The average Bonchev–Trinajstić information content (AvgIpc) is 2.99. The van der Waals surface area contributed by atoms with Gasteiger partial charge in [0, 0.05) is 16.6 Å². The van der Waals surface area contributed by atoms with Crippen LogP contribution in [0.15, 0.2) is 94.4 Å². The number of rotatable bonds is 6. The molecule has 0 saturated carbocycles. The van der Waals surface area contributed by atoms with E-state index in [-0.39, 0.29) is 16.3 Å². The SMILES string of the molecule is COc1cccc(NC2=C(Sc3ccccc3)C(=O)N(c3ccccc3F)C2=O)c1. The lowest BCUT2D eigenvalue weighted by molar-refractivity contribution is -0.120. The van der Waals surface area contributed by atoms with E-state index in [0.717, 1.165) is 21.6 Å². The summed E-state index contributed by atoms with van der Waals surface area (Å²) in [6.07, 6.45) is 0. The van der Waals surface area contributed by atoms with Gasteiger partial charge in [0.2, 0.25) is 0 Å². The summed E-state index contributed by atoms with van der Waals surface area (Å²) in [5.41, 5.74) is 0.582. The first kappa shape index (κ1) is 19.7. The lowest BCUT2D eigenvalue weighted by Crippen LogP contribution is -2.33. The van der Waals surface area contributed by atoms with Crippen molar-refractivity contribution in [2.75, 3.05) is 17.3 Å². The van der Waals surface area contributed by atoms with Crippen LogP contribution in [0.1, 0.15) is 0 Å². The van der Waals surface area contributed by atoms with Crippen molar-refractivity contribution >= 4 is 35.0 Å². The van der Waals surface area contributed by atoms with Gasteiger partial charge in [-0.05, 0) is 36.4 Å². The molecule has 1 aliphatic rings. The lowest BCUT2D eigenvalue weighted by Gasteiger charge is -2.16. The molecule has 0 atom stereocenters. The number of benzene rings is 3. The number of imide groups is 1. The molecule has 0 radical (unpaired) electrons. The van der Waals surface area contributed by atoms with Crippen LogP contribution in [0.5, 0.6) is 5.75 Å². The summed E-state index contributed by atoms with van der Waals surface area (Å²) in [6, 6.07) is 21.9. The van der Waals surface area contributed by atoms with Crippen molar-refractivity contribution in [2.24, 2.45) is 0 Å². The lowest BCUT2D eigenvalue weighted by atomic mass is 10.2. The molecule has 0 aliphatic carbocycles. The highest BCUT2D eigenvalue weighted by Crippen LogP contribution is 2.38. The molecule has 5 nitrogen and oxygen atoms in total. The van der Waals surface area contributed by atoms with E-state index in [0.29, 0.717) is 11.4 Å². The Bertz CT molecular complexity index is 1150. The second-order valence-corrected chi connectivity index (χ2v) is 7.46. The predicted octanol–water partition coefficient (Wildman–Crippen LogP) is 4.82. The van der Waals surface area contributed by atoms with Crippen LogP contribution in [0.25, 0.3) is 0 Å². The van der Waals surface area contributed by atoms with Gasteiger partial charge >= 0.3 is 0 Å². The first-order valence-corrected chi connectivity index (χ1v) is 9.91. The van der Waals surface area contributed by atoms with Crippen molar-refractivity contribution in [3.63, 3.8) is 0 Å². The van der Waals surface area contributed by atoms with Crippen LogP contribution < -0.4 is 15.0 Å². The smallest absolute Gasteiger partial charge is 0.283 e. The molecule has 2 amide bonds. The van der Waals surface area contributed by atoms with Crippen LogP contribution in [0, 0.1) is 5.82 Å². The van der Waals surface area contributed by atoms with E-state index in [1.54, 1.807) is 37.4 Å². The molecule has 0 unspecified atom stereocenters. The summed E-state index contributed by atoms with van der Waals surface area (Å²) in [5.74, 6) is -1.25. The Kier molecular flexibility index (Phi) is 5.54. The van der Waals surface area contributed by atoms with E-state index < -0.39 is 17.6 Å². The summed E-state index contributed by atoms with van der Waals surface area (Å²) in [6.45, 7) is 0. The van der Waals surface area contributed by atoms with Gasteiger partial charge in [0.1, 0.15) is 22.2 Å². The van der Waals surface area contributed by atoms with Gasteiger partial charge in [0.15, 0.2) is 0 Å². The summed E-state index contributed by atoms with van der Waals surface area (Å²) in [4.78, 5) is 28.2. The molecule has 3 aromatic carbocycles. The van der Waals surface area contributed by atoms with Crippen LogP contribution in [-0.2, 0) is 9.59 Å². The third-order valence-electron chi connectivity index (χ3n) is 4.44. The molecule has 3 aromatic rings. The zero-order valence-corrected chi connectivity index (χ0v) is 16.8. The Labute approximate surface area is 177 Å². The quantitative estimate of drug-likeness (QED) is 0.579. The Balaban J connectivity index is 1.76. The number of methoxy groups -OCH3 is 1. The van der Waals surface area contributed by atoms with Crippen LogP contribution >= 0.6 is 11.8 Å². The van der Waals surface area contributed by atoms with E-state index >= 15 is 0 Å². The molecule has 0 spiro atoms. The first-order valence-electron chi connectivity index (χ1n) is 9.10. The summed E-state index contributed by atoms with van der Waals surface area (Å²) >= 11 is 1.16. The average molecular weight is 420 g/mol. The molecule has 7 heteroatoms. The molecule has 0 aromatic heterocycles. The second kappa shape index (κ2) is 8.42. The zero-order valence-electron chi connectivity index (χ0n) is 16.0. The predicted molar refractivity (Wildman–Crippen MR) is 115 cm³/mol. The minimum absolute atomic E-state index is 0.0823. The topological polar surface area (TPSA) is 58.6 Å². The highest BCUT2D eigenvalue weighted by Gasteiger charge is 2.41. The minimum atomic E-state index is -0.647. The van der Waals surface area contributed by atoms with E-state index in [4.69, 9.17) is 4.74 Å². The molecule has 1 N–H and O–H groups in total. The van der Waals surface area contributed by atoms with Gasteiger partial charge in [-0.1, -0.05) is 48.2 Å². The maximum Gasteiger partial charge on any atom is 0.283 e. The van der Waals surface area contributed by atoms with Gasteiger partial charge < -0.3 is 10.1 Å². The number of nitrogens with one attached hydrogen (secondary N) is 1. The molecule has 4 rings (SSSR count). The first-order chi connectivity index (χ1) is 14.6. The third-order valence-corrected chi connectivity index (χ3v) is 5.53. The fourth-order valence-corrected chi connectivity index (χ4v) is 3.97. The van der Waals surface area contributed by atoms with Gasteiger partial charge in [0.25, 0.3) is 11.8 Å². The number of carbonyl (C=O) groups is 2. The molecule has 1 aliphatic heterocycles. The van der Waals surface area contributed by atoms with Crippen molar-refractivity contribution in [1.82, 2.24) is 0 Å². The fraction of sp³-hybridized carbons (Fsp3) is 0.0435. The van der Waals surface area contributed by atoms with Crippen LogP contribution in [0.4, 0.5) is 15.8 Å². The standard InChI is InChI=1S/C23H17FN2O3S/c1-29-16-9-7-8-15(14-16)25-20-21(30-17-10-3-2-4-11-17)23(28)26(22(20)27)19-13-6-5-12-18(19)24/h2-14,25H,1H3. The van der Waals surface area contributed by atoms with Crippen molar-refractivity contribution in [3.8, 4) is 5.75 Å². The van der Waals surface area contributed by atoms with Crippen molar-refractivity contribution in [2.45, 2.75) is 4.90 Å².